The summed E-state index contributed by atoms with van der Waals surface area (Å²) < 4.78 is 13.2. The lowest BCUT2D eigenvalue weighted by Crippen LogP contribution is -2.60. The van der Waals surface area contributed by atoms with Crippen LogP contribution in [0.4, 0.5) is 5.82 Å². The molecule has 40 heavy (non-hydrogen) atoms. The molecule has 1 aliphatic heterocycles. The molecule has 1 spiro atoms. The van der Waals surface area contributed by atoms with Gasteiger partial charge in [-0.05, 0) is 54.7 Å². The Kier molecular flexibility index (Phi) is 6.85. The van der Waals surface area contributed by atoms with Gasteiger partial charge in [-0.2, -0.15) is 0 Å². The molecule has 0 unspecified atom stereocenters. The topological polar surface area (TPSA) is 84.9 Å². The van der Waals surface area contributed by atoms with E-state index in [1.807, 2.05) is 74.0 Å². The first kappa shape index (κ1) is 26.1. The van der Waals surface area contributed by atoms with E-state index in [1.54, 1.807) is 6.07 Å². The molecular weight excluding hydrogens is 502 g/mol. The van der Waals surface area contributed by atoms with Crippen molar-refractivity contribution in [2.24, 2.45) is 5.41 Å². The molecule has 1 aliphatic carbocycles. The number of anilines is 1. The average molecular weight is 538 g/mol. The Morgan fingerprint density at radius 2 is 1.82 bits per heavy atom. The van der Waals surface area contributed by atoms with Gasteiger partial charge in [0.05, 0.1) is 12.1 Å². The number of hydrogen-bond donors (Lipinski definition) is 1. The molecule has 1 N–H and O–H groups in total. The Balaban J connectivity index is 1.01. The van der Waals surface area contributed by atoms with Crippen LogP contribution in [0.5, 0.6) is 5.75 Å². The smallest absolute Gasteiger partial charge is 0.231 e. The summed E-state index contributed by atoms with van der Waals surface area (Å²) in [7, 11) is 0. The van der Waals surface area contributed by atoms with Crippen LogP contribution in [-0.2, 0) is 16.6 Å². The number of rotatable bonds is 7. The summed E-state index contributed by atoms with van der Waals surface area (Å²) in [6.07, 6.45) is 8.13. The average Bonchev–Trinajstić information content (AvgIpc) is 3.50. The Morgan fingerprint density at radius 3 is 2.52 bits per heavy atom. The minimum atomic E-state index is -0.202. The molecule has 1 saturated heterocycles. The molecule has 6 rings (SSSR count). The second-order valence-corrected chi connectivity index (χ2v) is 12.2. The molecule has 8 nitrogen and oxygen atoms in total. The van der Waals surface area contributed by atoms with E-state index < -0.39 is 0 Å². The van der Waals surface area contributed by atoms with Crippen molar-refractivity contribution in [2.45, 2.75) is 51.9 Å². The van der Waals surface area contributed by atoms with Crippen LogP contribution < -0.4 is 10.1 Å². The largest absolute Gasteiger partial charge is 0.492 e. The maximum Gasteiger partial charge on any atom is 0.231 e. The van der Waals surface area contributed by atoms with Gasteiger partial charge in [0.25, 0.3) is 0 Å². The van der Waals surface area contributed by atoms with Crippen LogP contribution in [0.15, 0.2) is 59.4 Å². The van der Waals surface area contributed by atoms with Crippen LogP contribution in [0.1, 0.15) is 62.6 Å². The maximum absolute atomic E-state index is 12.5. The molecule has 1 amide bonds. The summed E-state index contributed by atoms with van der Waals surface area (Å²) in [5.74, 6) is 8.23. The van der Waals surface area contributed by atoms with E-state index in [4.69, 9.17) is 9.26 Å². The number of benzene rings is 1. The van der Waals surface area contributed by atoms with E-state index in [-0.39, 0.29) is 17.7 Å². The molecule has 1 aromatic carbocycles. The van der Waals surface area contributed by atoms with Crippen LogP contribution in [0, 0.1) is 17.3 Å². The molecule has 4 aromatic rings. The molecule has 3 aromatic heterocycles. The highest BCUT2D eigenvalue weighted by molar-refractivity contribution is 5.91. The van der Waals surface area contributed by atoms with Crippen molar-refractivity contribution in [3.63, 3.8) is 0 Å². The number of likely N-dealkylation sites (tertiary alicyclic amines) is 1. The summed E-state index contributed by atoms with van der Waals surface area (Å²) in [6.45, 7) is 10.3. The molecule has 0 radical (unpaired) electrons. The van der Waals surface area contributed by atoms with Gasteiger partial charge in [-0.15, -0.1) is 0 Å². The highest BCUT2D eigenvalue weighted by Crippen LogP contribution is 2.47. The quantitative estimate of drug-likeness (QED) is 0.332. The summed E-state index contributed by atoms with van der Waals surface area (Å²) in [4.78, 5) is 19.6. The molecule has 2 aliphatic rings. The van der Waals surface area contributed by atoms with Crippen molar-refractivity contribution in [3.8, 4) is 17.6 Å². The van der Waals surface area contributed by atoms with Gasteiger partial charge in [-0.3, -0.25) is 9.69 Å². The van der Waals surface area contributed by atoms with Crippen LogP contribution >= 0.6 is 0 Å². The fourth-order valence-corrected chi connectivity index (χ4v) is 5.37. The predicted molar refractivity (Wildman–Crippen MR) is 153 cm³/mol. The van der Waals surface area contributed by atoms with Crippen LogP contribution in [-0.4, -0.2) is 51.6 Å². The molecule has 0 atom stereocenters. The first-order valence-corrected chi connectivity index (χ1v) is 14.0. The van der Waals surface area contributed by atoms with Gasteiger partial charge in [-0.1, -0.05) is 44.2 Å². The third-order valence-electron chi connectivity index (χ3n) is 7.77. The third kappa shape index (κ3) is 5.90. The fraction of sp³-hybridized carbons (Fsp3) is 0.406. The van der Waals surface area contributed by atoms with Crippen LogP contribution in [0.25, 0.3) is 5.65 Å². The molecule has 2 fully saturated rings. The summed E-state index contributed by atoms with van der Waals surface area (Å²) in [5, 5.41) is 6.73. The highest BCUT2D eigenvalue weighted by atomic mass is 16.5. The van der Waals surface area contributed by atoms with Crippen LogP contribution in [0.2, 0.25) is 0 Å². The number of hydrogen-bond acceptors (Lipinski definition) is 6. The van der Waals surface area contributed by atoms with Crippen molar-refractivity contribution in [1.29, 1.82) is 0 Å². The number of carbonyl (C=O) groups excluding carboxylic acids is 1. The Bertz CT molecular complexity index is 1570. The molecule has 8 heteroatoms. The molecule has 1 saturated carbocycles. The molecule has 206 valence electrons. The number of nitrogens with one attached hydrogen (secondary N) is 1. The highest BCUT2D eigenvalue weighted by Gasteiger charge is 2.46. The molecular formula is C32H35N5O3. The van der Waals surface area contributed by atoms with E-state index in [9.17, 15) is 4.79 Å². The minimum Gasteiger partial charge on any atom is -0.492 e. The first-order valence-electron chi connectivity index (χ1n) is 14.0. The van der Waals surface area contributed by atoms with E-state index in [1.165, 1.54) is 32.4 Å². The third-order valence-corrected chi connectivity index (χ3v) is 7.77. The summed E-state index contributed by atoms with van der Waals surface area (Å²) in [6, 6.07) is 13.5. The van der Waals surface area contributed by atoms with Crippen molar-refractivity contribution >= 4 is 17.4 Å². The van der Waals surface area contributed by atoms with E-state index in [0.717, 1.165) is 29.1 Å². The lowest BCUT2D eigenvalue weighted by atomic mass is 9.63. The number of pyridine rings is 1. The Morgan fingerprint density at radius 1 is 1.07 bits per heavy atom. The van der Waals surface area contributed by atoms with Crippen LogP contribution in [0.3, 0.4) is 0 Å². The predicted octanol–water partition coefficient (Wildman–Crippen LogP) is 5.07. The van der Waals surface area contributed by atoms with Crippen molar-refractivity contribution < 1.29 is 14.1 Å². The SMILES string of the molecule is CC(C)(C)c1cc(NC(=O)Cc2cn3cc(C#Cc4ccc(OCCN5CC6(CCC6)C5)cc4)ccc3n2)no1. The number of ether oxygens (including phenoxy) is 1. The molecule has 0 bridgehead atoms. The van der Waals surface area contributed by atoms with E-state index >= 15 is 0 Å². The zero-order valence-electron chi connectivity index (χ0n) is 23.4. The number of nitrogens with zero attached hydrogens (tertiary/aromatic N) is 4. The second-order valence-electron chi connectivity index (χ2n) is 12.2. The van der Waals surface area contributed by atoms with Gasteiger partial charge in [0.2, 0.25) is 5.91 Å². The first-order chi connectivity index (χ1) is 19.2. The standard InChI is InChI=1S/C32H35N5O3/c1-31(2,3)27-18-28(35-40-27)34-30(38)17-25-20-37-19-24(9-12-29(37)33-25)6-5-23-7-10-26(11-8-23)39-16-15-36-21-32(22-36)13-4-14-32/h7-12,18-20H,4,13-17,21-22H2,1-3H3,(H,34,35,38). The van der Waals surface area contributed by atoms with E-state index in [0.29, 0.717) is 29.3 Å². The van der Waals surface area contributed by atoms with Gasteiger partial charge >= 0.3 is 0 Å². The Labute approximate surface area is 234 Å². The summed E-state index contributed by atoms with van der Waals surface area (Å²) >= 11 is 0. The van der Waals surface area contributed by atoms with E-state index in [2.05, 4.69) is 32.2 Å². The number of aromatic nitrogens is 3. The normalized spacial score (nSPS) is 16.2. The zero-order valence-corrected chi connectivity index (χ0v) is 23.4. The van der Waals surface area contributed by atoms with Crippen molar-refractivity contribution in [2.75, 3.05) is 31.6 Å². The number of carbonyl (C=O) groups is 1. The number of amides is 1. The lowest BCUT2D eigenvalue weighted by molar-refractivity contribution is -0.115. The lowest BCUT2D eigenvalue weighted by Gasteiger charge is -2.56. The van der Waals surface area contributed by atoms with Crippen molar-refractivity contribution in [3.05, 3.63) is 77.4 Å². The van der Waals surface area contributed by atoms with Crippen molar-refractivity contribution in [1.82, 2.24) is 19.4 Å². The number of imidazole rings is 1. The summed E-state index contributed by atoms with van der Waals surface area (Å²) in [5.41, 5.74) is 3.69. The fourth-order valence-electron chi connectivity index (χ4n) is 5.37. The number of fused-ring (bicyclic) bond motifs is 1. The van der Waals surface area contributed by atoms with Gasteiger partial charge in [0.15, 0.2) is 5.82 Å². The molecule has 4 heterocycles. The zero-order chi connectivity index (χ0) is 27.7. The van der Waals surface area contributed by atoms with Gasteiger partial charge in [0, 0.05) is 54.6 Å². The monoisotopic (exact) mass is 537 g/mol. The van der Waals surface area contributed by atoms with Gasteiger partial charge in [-0.25, -0.2) is 4.98 Å². The Hall–Kier alpha value is -4.09. The maximum atomic E-state index is 12.5. The van der Waals surface area contributed by atoms with Gasteiger partial charge in [0.1, 0.15) is 23.8 Å². The second kappa shape index (κ2) is 10.5. The minimum absolute atomic E-state index is 0.133. The van der Waals surface area contributed by atoms with Gasteiger partial charge < -0.3 is 19.0 Å².